The normalized spacial score (nSPS) is 18.7. The molecule has 3 aromatic heterocycles. The van der Waals surface area contributed by atoms with Crippen LogP contribution in [-0.2, 0) is 18.0 Å². The molecule has 2 amide bonds. The van der Waals surface area contributed by atoms with Gasteiger partial charge in [-0.1, -0.05) is 0 Å². The van der Waals surface area contributed by atoms with Crippen LogP contribution in [0.15, 0.2) is 36.7 Å². The lowest BCUT2D eigenvalue weighted by atomic mass is 9.93. The van der Waals surface area contributed by atoms with Gasteiger partial charge in [0.15, 0.2) is 5.82 Å². The van der Waals surface area contributed by atoms with Crippen LogP contribution < -0.4 is 15.8 Å². The number of rotatable bonds is 6. The average molecular weight is 585 g/mol. The van der Waals surface area contributed by atoms with Gasteiger partial charge in [0.05, 0.1) is 12.6 Å². The monoisotopic (exact) mass is 584 g/mol. The first-order chi connectivity index (χ1) is 20.0. The minimum atomic E-state index is -4.62. The fourth-order valence-corrected chi connectivity index (χ4v) is 5.56. The van der Waals surface area contributed by atoms with E-state index in [1.54, 1.807) is 30.3 Å². The van der Waals surface area contributed by atoms with E-state index in [-0.39, 0.29) is 41.9 Å². The summed E-state index contributed by atoms with van der Waals surface area (Å²) in [5, 5.41) is 6.16. The van der Waals surface area contributed by atoms with Gasteiger partial charge in [-0.2, -0.15) is 18.3 Å². The number of benzene rings is 1. The number of carbonyl (C=O) groups is 2. The number of nitrogens with one attached hydrogen (secondary N) is 1. The summed E-state index contributed by atoms with van der Waals surface area (Å²) in [4.78, 5) is 36.2. The molecule has 15 heteroatoms. The highest BCUT2D eigenvalue weighted by molar-refractivity contribution is 6.04. The molecule has 2 saturated heterocycles. The molecule has 0 spiro atoms. The predicted octanol–water partition coefficient (Wildman–Crippen LogP) is 4.08. The summed E-state index contributed by atoms with van der Waals surface area (Å²) in [7, 11) is 1.15. The summed E-state index contributed by atoms with van der Waals surface area (Å²) in [6.07, 6.45) is -0.0498. The Hall–Kier alpha value is -4.82. The molecule has 1 aromatic carbocycles. The van der Waals surface area contributed by atoms with Crippen LogP contribution in [0.3, 0.4) is 0 Å². The fraction of sp³-hybridized carbons (Fsp3) is 0.370. The van der Waals surface area contributed by atoms with Crippen molar-refractivity contribution >= 4 is 29.2 Å². The summed E-state index contributed by atoms with van der Waals surface area (Å²) in [6.45, 7) is 2.88. The summed E-state index contributed by atoms with van der Waals surface area (Å²) < 4.78 is 53.1. The maximum atomic E-state index is 13.2. The van der Waals surface area contributed by atoms with Gasteiger partial charge in [0.25, 0.3) is 5.91 Å². The zero-order chi connectivity index (χ0) is 29.8. The molecule has 2 aliphatic rings. The number of imidazole rings is 1. The Morgan fingerprint density at radius 2 is 2.07 bits per heavy atom. The SMILES string of the molecule is CCOc1cc(C(=O)Nc2cc(C(F)(F)F)n(C)n2)ccc1-c1nc(C2CC[C@@H]3COC(=O)N3C2)n2ccnc(N)c12. The maximum absolute atomic E-state index is 13.2. The first-order valence-corrected chi connectivity index (χ1v) is 13.3. The molecular weight excluding hydrogens is 557 g/mol. The number of alkyl halides is 3. The molecule has 4 aromatic rings. The molecule has 0 saturated carbocycles. The highest BCUT2D eigenvalue weighted by atomic mass is 19.4. The van der Waals surface area contributed by atoms with Gasteiger partial charge in [0.1, 0.15) is 40.9 Å². The zero-order valence-electron chi connectivity index (χ0n) is 22.7. The molecule has 3 N–H and O–H groups in total. The second kappa shape index (κ2) is 10.2. The number of hydrogen-bond acceptors (Lipinski definition) is 8. The zero-order valence-corrected chi connectivity index (χ0v) is 22.7. The van der Waals surface area contributed by atoms with Crippen LogP contribution >= 0.6 is 0 Å². The van der Waals surface area contributed by atoms with Crippen molar-refractivity contribution in [2.45, 2.75) is 37.9 Å². The minimum Gasteiger partial charge on any atom is -0.493 e. The number of halogens is 3. The van der Waals surface area contributed by atoms with E-state index in [0.29, 0.717) is 46.2 Å². The molecule has 2 fully saturated rings. The smallest absolute Gasteiger partial charge is 0.433 e. The number of fused-ring (bicyclic) bond motifs is 2. The predicted molar refractivity (Wildman–Crippen MR) is 144 cm³/mol. The number of nitrogens with zero attached hydrogens (tertiary/aromatic N) is 6. The summed E-state index contributed by atoms with van der Waals surface area (Å²) in [5.41, 5.74) is 7.05. The van der Waals surface area contributed by atoms with Crippen LogP contribution in [0.5, 0.6) is 5.75 Å². The van der Waals surface area contributed by atoms with Crippen LogP contribution in [0.1, 0.15) is 47.6 Å². The molecule has 1 unspecified atom stereocenters. The number of aryl methyl sites for hydroxylation is 1. The van der Waals surface area contributed by atoms with Crippen molar-refractivity contribution in [3.05, 3.63) is 53.7 Å². The molecule has 2 atom stereocenters. The van der Waals surface area contributed by atoms with E-state index in [2.05, 4.69) is 15.4 Å². The van der Waals surface area contributed by atoms with Crippen LogP contribution in [0.4, 0.5) is 29.6 Å². The van der Waals surface area contributed by atoms with Crippen LogP contribution in [0, 0.1) is 0 Å². The average Bonchev–Trinajstić information content (AvgIpc) is 3.64. The Labute approximate surface area is 237 Å². The van der Waals surface area contributed by atoms with Crippen molar-refractivity contribution in [1.82, 2.24) is 29.0 Å². The van der Waals surface area contributed by atoms with Crippen molar-refractivity contribution in [2.75, 3.05) is 30.8 Å². The lowest BCUT2D eigenvalue weighted by Crippen LogP contribution is -2.41. The highest BCUT2D eigenvalue weighted by Gasteiger charge is 2.40. The summed E-state index contributed by atoms with van der Waals surface area (Å²) in [6, 6.07) is 5.47. The Morgan fingerprint density at radius 1 is 1.26 bits per heavy atom. The molecule has 12 nitrogen and oxygen atoms in total. The number of nitrogens with two attached hydrogens (primary N) is 1. The van der Waals surface area contributed by atoms with Gasteiger partial charge < -0.3 is 25.4 Å². The first kappa shape index (κ1) is 27.4. The van der Waals surface area contributed by atoms with Gasteiger partial charge in [0, 0.05) is 49.1 Å². The van der Waals surface area contributed by atoms with Crippen molar-refractivity contribution in [3.63, 3.8) is 0 Å². The Kier molecular flexibility index (Phi) is 6.66. The van der Waals surface area contributed by atoms with E-state index in [1.807, 2.05) is 4.40 Å². The largest absolute Gasteiger partial charge is 0.493 e. The van der Waals surface area contributed by atoms with E-state index in [1.165, 1.54) is 12.1 Å². The number of nitrogen functional groups attached to an aromatic ring is 1. The topological polar surface area (TPSA) is 142 Å². The van der Waals surface area contributed by atoms with Gasteiger partial charge in [0.2, 0.25) is 0 Å². The lowest BCUT2D eigenvalue weighted by molar-refractivity contribution is -0.143. The van der Waals surface area contributed by atoms with Crippen LogP contribution in [0.25, 0.3) is 16.8 Å². The summed E-state index contributed by atoms with van der Waals surface area (Å²) in [5.74, 6) is 0.268. The maximum Gasteiger partial charge on any atom is 0.433 e. The molecule has 0 radical (unpaired) electrons. The highest BCUT2D eigenvalue weighted by Crippen LogP contribution is 2.39. The first-order valence-electron chi connectivity index (χ1n) is 13.3. The molecular formula is C27H27F3N8O4. The number of aromatic nitrogens is 5. The minimum absolute atomic E-state index is 0.0561. The summed E-state index contributed by atoms with van der Waals surface area (Å²) >= 11 is 0. The molecule has 220 valence electrons. The molecule has 0 aliphatic carbocycles. The van der Waals surface area contributed by atoms with E-state index in [4.69, 9.17) is 20.2 Å². The lowest BCUT2D eigenvalue weighted by Gasteiger charge is -2.31. The third-order valence-electron chi connectivity index (χ3n) is 7.53. The molecule has 2 aliphatic heterocycles. The number of anilines is 2. The molecule has 6 rings (SSSR count). The number of ether oxygens (including phenoxy) is 2. The Bertz CT molecular complexity index is 1700. The van der Waals surface area contributed by atoms with E-state index < -0.39 is 17.8 Å². The Balaban J connectivity index is 1.36. The number of amides is 2. The van der Waals surface area contributed by atoms with Gasteiger partial charge in [-0.05, 0) is 38.0 Å². The van der Waals surface area contributed by atoms with Crippen molar-refractivity contribution in [3.8, 4) is 17.0 Å². The van der Waals surface area contributed by atoms with Gasteiger partial charge >= 0.3 is 12.3 Å². The van der Waals surface area contributed by atoms with Crippen molar-refractivity contribution in [1.29, 1.82) is 0 Å². The van der Waals surface area contributed by atoms with E-state index in [9.17, 15) is 22.8 Å². The fourth-order valence-electron chi connectivity index (χ4n) is 5.56. The van der Waals surface area contributed by atoms with Crippen LogP contribution in [-0.4, -0.2) is 66.8 Å². The van der Waals surface area contributed by atoms with Crippen molar-refractivity contribution < 1.29 is 32.2 Å². The van der Waals surface area contributed by atoms with Crippen LogP contribution in [0.2, 0.25) is 0 Å². The number of carbonyl (C=O) groups excluding carboxylic acids is 2. The molecule has 5 heterocycles. The third kappa shape index (κ3) is 4.73. The number of piperidine rings is 1. The van der Waals surface area contributed by atoms with Gasteiger partial charge in [-0.15, -0.1) is 0 Å². The molecule has 0 bridgehead atoms. The van der Waals surface area contributed by atoms with Crippen molar-refractivity contribution in [2.24, 2.45) is 7.05 Å². The number of hydrogen-bond donors (Lipinski definition) is 2. The van der Waals surface area contributed by atoms with Gasteiger partial charge in [-0.25, -0.2) is 14.8 Å². The van der Waals surface area contributed by atoms with E-state index in [0.717, 1.165) is 26.0 Å². The second-order valence-electron chi connectivity index (χ2n) is 10.1. The second-order valence-corrected chi connectivity index (χ2v) is 10.1. The Morgan fingerprint density at radius 3 is 2.81 bits per heavy atom. The third-order valence-corrected chi connectivity index (χ3v) is 7.53. The molecule has 42 heavy (non-hydrogen) atoms. The van der Waals surface area contributed by atoms with Gasteiger partial charge in [-0.3, -0.25) is 13.9 Å². The standard InChI is InChI=1S/C27H27F3N8O4/c1-3-41-18-10-14(25(39)33-20-11-19(27(28,29)30)36(2)35-20)5-7-17(18)21-22-23(31)32-8-9-37(22)24(34-21)15-4-6-16-13-42-26(40)38(16)12-15/h5,7-11,15-16H,3-4,6,12-13H2,1-2H3,(H2,31,32)(H,33,35,39)/t15?,16-/m1/s1. The number of cyclic esters (lactones) is 1. The van der Waals surface area contributed by atoms with E-state index >= 15 is 0 Å². The quantitative estimate of drug-likeness (QED) is 0.345.